The quantitative estimate of drug-likeness (QED) is 0.616. The van der Waals surface area contributed by atoms with Crippen LogP contribution in [0.2, 0.25) is 0 Å². The monoisotopic (exact) mass is 281 g/mol. The predicted molar refractivity (Wildman–Crippen MR) is 71.3 cm³/mol. The van der Waals surface area contributed by atoms with Crippen LogP contribution in [0.5, 0.6) is 0 Å². The molecule has 0 unspecified atom stereocenters. The molecule has 100 valence electrons. The molecule has 0 rings (SSSR count). The van der Waals surface area contributed by atoms with Crippen molar-refractivity contribution >= 4 is 35.4 Å². The summed E-state index contributed by atoms with van der Waals surface area (Å²) in [6.45, 7) is 0. The molecule has 7 heteroatoms. The minimum absolute atomic E-state index is 0.308. The van der Waals surface area contributed by atoms with Crippen LogP contribution in [0.15, 0.2) is 0 Å². The van der Waals surface area contributed by atoms with E-state index in [0.29, 0.717) is 12.2 Å². The molecule has 0 aromatic heterocycles. The fraction of sp³-hybridized carbons (Fsp3) is 0.800. The molecule has 17 heavy (non-hydrogen) atoms. The van der Waals surface area contributed by atoms with E-state index in [1.165, 1.54) is 18.9 Å². The molecular formula is C10H19NO4S2. The molecule has 2 N–H and O–H groups in total. The number of esters is 1. The van der Waals surface area contributed by atoms with Crippen LogP contribution in [0.25, 0.3) is 0 Å². The number of aliphatic hydroxyl groups excluding tert-OH is 1. The van der Waals surface area contributed by atoms with Gasteiger partial charge in [0.15, 0.2) is 0 Å². The van der Waals surface area contributed by atoms with Crippen LogP contribution >= 0.6 is 23.5 Å². The van der Waals surface area contributed by atoms with Crippen LogP contribution < -0.4 is 5.32 Å². The summed E-state index contributed by atoms with van der Waals surface area (Å²) < 4.78 is 4.60. The largest absolute Gasteiger partial charge is 0.467 e. The van der Waals surface area contributed by atoms with Gasteiger partial charge in [0.2, 0.25) is 5.91 Å². The van der Waals surface area contributed by atoms with Crippen molar-refractivity contribution in [2.24, 2.45) is 0 Å². The summed E-state index contributed by atoms with van der Waals surface area (Å²) in [6, 6.07) is -0.684. The molecule has 0 aliphatic heterocycles. The van der Waals surface area contributed by atoms with Gasteiger partial charge < -0.3 is 15.2 Å². The number of thioether (sulfide) groups is 2. The van der Waals surface area contributed by atoms with Gasteiger partial charge in [0.05, 0.1) is 7.11 Å². The number of aliphatic hydroxyl groups is 1. The van der Waals surface area contributed by atoms with E-state index in [1.54, 1.807) is 18.0 Å². The molecule has 0 heterocycles. The highest BCUT2D eigenvalue weighted by Crippen LogP contribution is 2.04. The third-order valence-electron chi connectivity index (χ3n) is 2.04. The number of ether oxygens (including phenoxy) is 1. The zero-order valence-electron chi connectivity index (χ0n) is 10.3. The van der Waals surface area contributed by atoms with Crippen molar-refractivity contribution < 1.29 is 19.4 Å². The molecule has 0 aliphatic rings. The lowest BCUT2D eigenvalue weighted by atomic mass is 10.2. The lowest BCUT2D eigenvalue weighted by molar-refractivity contribution is -0.146. The van der Waals surface area contributed by atoms with Gasteiger partial charge in [-0.05, 0) is 24.7 Å². The second kappa shape index (κ2) is 9.61. The molecule has 0 saturated heterocycles. The predicted octanol–water partition coefficient (Wildman–Crippen LogP) is 0.121. The first-order valence-electron chi connectivity index (χ1n) is 5.11. The lowest BCUT2D eigenvalue weighted by Gasteiger charge is -2.18. The number of amides is 1. The summed E-state index contributed by atoms with van der Waals surface area (Å²) in [5.41, 5.74) is 0. The van der Waals surface area contributed by atoms with Crippen LogP contribution in [0, 0.1) is 0 Å². The molecule has 1 amide bonds. The average Bonchev–Trinajstić information content (AvgIpc) is 2.33. The molecule has 0 fully saturated rings. The van der Waals surface area contributed by atoms with Gasteiger partial charge in [0.25, 0.3) is 0 Å². The van der Waals surface area contributed by atoms with E-state index >= 15 is 0 Å². The average molecular weight is 281 g/mol. The van der Waals surface area contributed by atoms with Crippen molar-refractivity contribution in [1.82, 2.24) is 5.32 Å². The van der Waals surface area contributed by atoms with Crippen LogP contribution in [0.4, 0.5) is 0 Å². The Hall–Kier alpha value is -0.400. The Kier molecular flexibility index (Phi) is 9.39. The summed E-state index contributed by atoms with van der Waals surface area (Å²) in [4.78, 5) is 22.9. The van der Waals surface area contributed by atoms with E-state index in [9.17, 15) is 14.7 Å². The Balaban J connectivity index is 4.31. The fourth-order valence-electron chi connectivity index (χ4n) is 1.13. The number of carbonyl (C=O) groups excluding carboxylic acids is 2. The van der Waals surface area contributed by atoms with Crippen molar-refractivity contribution in [3.05, 3.63) is 0 Å². The Labute approximate surface area is 110 Å². The molecule has 0 aromatic rings. The maximum Gasteiger partial charge on any atom is 0.328 e. The van der Waals surface area contributed by atoms with Gasteiger partial charge >= 0.3 is 5.97 Å². The lowest BCUT2D eigenvalue weighted by Crippen LogP contribution is -2.46. The van der Waals surface area contributed by atoms with Crippen LogP contribution in [-0.4, -0.2) is 60.3 Å². The smallest absolute Gasteiger partial charge is 0.328 e. The van der Waals surface area contributed by atoms with Crippen molar-refractivity contribution in [3.63, 3.8) is 0 Å². The van der Waals surface area contributed by atoms with Crippen molar-refractivity contribution in [3.8, 4) is 0 Å². The number of hydrogen-bond acceptors (Lipinski definition) is 6. The highest BCUT2D eigenvalue weighted by Gasteiger charge is 2.24. The van der Waals surface area contributed by atoms with Gasteiger partial charge in [0.1, 0.15) is 12.1 Å². The van der Waals surface area contributed by atoms with Gasteiger partial charge in [-0.15, -0.1) is 0 Å². The molecule has 5 nitrogen and oxygen atoms in total. The Morgan fingerprint density at radius 2 is 2.00 bits per heavy atom. The number of nitrogens with one attached hydrogen (secondary N) is 1. The van der Waals surface area contributed by atoms with Crippen LogP contribution in [0.1, 0.15) is 6.42 Å². The third kappa shape index (κ3) is 6.80. The normalized spacial score (nSPS) is 13.9. The molecular weight excluding hydrogens is 262 g/mol. The number of rotatable bonds is 8. The first-order valence-corrected chi connectivity index (χ1v) is 7.89. The van der Waals surface area contributed by atoms with Crippen LogP contribution in [0.3, 0.4) is 0 Å². The maximum atomic E-state index is 11.5. The summed E-state index contributed by atoms with van der Waals surface area (Å²) >= 11 is 2.94. The first kappa shape index (κ1) is 16.6. The first-order chi connectivity index (χ1) is 8.06. The zero-order chi connectivity index (χ0) is 13.3. The molecule has 0 spiro atoms. The van der Waals surface area contributed by atoms with Crippen LogP contribution in [-0.2, 0) is 14.3 Å². The van der Waals surface area contributed by atoms with Gasteiger partial charge in [-0.2, -0.15) is 23.5 Å². The molecule has 0 radical (unpaired) electrons. The summed E-state index contributed by atoms with van der Waals surface area (Å²) in [6.07, 6.45) is 3.11. The van der Waals surface area contributed by atoms with Crippen molar-refractivity contribution in [2.75, 3.05) is 31.1 Å². The Morgan fingerprint density at radius 3 is 2.47 bits per heavy atom. The second-order valence-corrected chi connectivity index (χ2v) is 5.23. The molecule has 2 atom stereocenters. The molecule has 0 aliphatic carbocycles. The second-order valence-electron chi connectivity index (χ2n) is 3.34. The summed E-state index contributed by atoms with van der Waals surface area (Å²) in [5, 5.41) is 12.0. The van der Waals surface area contributed by atoms with E-state index in [1.807, 2.05) is 6.26 Å². The Morgan fingerprint density at radius 1 is 1.35 bits per heavy atom. The number of hydrogen-bond donors (Lipinski definition) is 2. The van der Waals surface area contributed by atoms with E-state index in [2.05, 4.69) is 10.1 Å². The standard InChI is InChI=1S/C10H19NO4S2/c1-15-10(14)7(4-5-16-2)11-9(13)8(12)6-17-3/h7-8,12H,4-6H2,1-3H3,(H,11,13)/t7-,8+/m0/s1. The summed E-state index contributed by atoms with van der Waals surface area (Å²) in [7, 11) is 1.28. The Bertz CT molecular complexity index is 250. The third-order valence-corrected chi connectivity index (χ3v) is 3.33. The SMILES string of the molecule is COC(=O)[C@H](CCSC)NC(=O)[C@H](O)CSC. The minimum Gasteiger partial charge on any atom is -0.467 e. The summed E-state index contributed by atoms with van der Waals surface area (Å²) in [5.74, 6) is 0.0283. The number of methoxy groups -OCH3 is 1. The van der Waals surface area contributed by atoms with Gasteiger partial charge in [-0.3, -0.25) is 4.79 Å². The van der Waals surface area contributed by atoms with E-state index in [4.69, 9.17) is 0 Å². The zero-order valence-corrected chi connectivity index (χ0v) is 11.9. The fourth-order valence-corrected chi connectivity index (χ4v) is 2.07. The van der Waals surface area contributed by atoms with Crippen molar-refractivity contribution in [2.45, 2.75) is 18.6 Å². The van der Waals surface area contributed by atoms with Crippen molar-refractivity contribution in [1.29, 1.82) is 0 Å². The number of carbonyl (C=O) groups is 2. The van der Waals surface area contributed by atoms with E-state index in [-0.39, 0.29) is 0 Å². The van der Waals surface area contributed by atoms with E-state index in [0.717, 1.165) is 5.75 Å². The minimum atomic E-state index is -1.09. The highest BCUT2D eigenvalue weighted by atomic mass is 32.2. The molecule has 0 bridgehead atoms. The van der Waals surface area contributed by atoms with Gasteiger partial charge in [-0.1, -0.05) is 0 Å². The van der Waals surface area contributed by atoms with Gasteiger partial charge in [0, 0.05) is 5.75 Å². The highest BCUT2D eigenvalue weighted by molar-refractivity contribution is 7.98. The molecule has 0 aromatic carbocycles. The maximum absolute atomic E-state index is 11.5. The molecule has 0 saturated carbocycles. The topological polar surface area (TPSA) is 75.6 Å². The van der Waals surface area contributed by atoms with E-state index < -0.39 is 24.0 Å². The van der Waals surface area contributed by atoms with Gasteiger partial charge in [-0.25, -0.2) is 4.79 Å².